The Morgan fingerprint density at radius 2 is 1.85 bits per heavy atom. The highest BCUT2D eigenvalue weighted by molar-refractivity contribution is 9.10. The van der Waals surface area contributed by atoms with Crippen molar-refractivity contribution in [3.05, 3.63) is 52.0 Å². The van der Waals surface area contributed by atoms with Crippen LogP contribution in [-0.4, -0.2) is 4.98 Å². The first-order valence-corrected chi connectivity index (χ1v) is 6.23. The van der Waals surface area contributed by atoms with Gasteiger partial charge in [-0.25, -0.2) is 4.39 Å². The standard InChI is InChI=1S/C13H8BrF4NO/c1-7-9(14)5-19-6-12(7)20-11-3-2-8(4-10(11)15)13(16,17)18/h2-6H,1H3. The zero-order valence-electron chi connectivity index (χ0n) is 10.1. The van der Waals surface area contributed by atoms with Crippen molar-refractivity contribution in [3.63, 3.8) is 0 Å². The van der Waals surface area contributed by atoms with Crippen LogP contribution in [0.1, 0.15) is 11.1 Å². The molecule has 0 unspecified atom stereocenters. The van der Waals surface area contributed by atoms with Gasteiger partial charge in [0.25, 0.3) is 0 Å². The lowest BCUT2D eigenvalue weighted by Crippen LogP contribution is -2.05. The van der Waals surface area contributed by atoms with Gasteiger partial charge in [0.05, 0.1) is 11.8 Å². The van der Waals surface area contributed by atoms with Crippen LogP contribution in [0.5, 0.6) is 11.5 Å². The number of alkyl halides is 3. The van der Waals surface area contributed by atoms with Crippen molar-refractivity contribution >= 4 is 15.9 Å². The van der Waals surface area contributed by atoms with E-state index in [0.29, 0.717) is 16.1 Å². The van der Waals surface area contributed by atoms with Gasteiger partial charge in [0.15, 0.2) is 11.6 Å². The number of aromatic nitrogens is 1. The number of hydrogen-bond acceptors (Lipinski definition) is 2. The zero-order valence-corrected chi connectivity index (χ0v) is 11.7. The maximum Gasteiger partial charge on any atom is 0.416 e. The molecule has 2 rings (SSSR count). The largest absolute Gasteiger partial charge is 0.452 e. The average molecular weight is 350 g/mol. The summed E-state index contributed by atoms with van der Waals surface area (Å²) in [6.45, 7) is 1.71. The summed E-state index contributed by atoms with van der Waals surface area (Å²) in [5.41, 5.74) is -0.397. The normalized spacial score (nSPS) is 11.5. The van der Waals surface area contributed by atoms with E-state index in [0.717, 1.165) is 12.1 Å². The van der Waals surface area contributed by atoms with Crippen LogP contribution in [0.25, 0.3) is 0 Å². The van der Waals surface area contributed by atoms with Gasteiger partial charge in [-0.05, 0) is 41.1 Å². The van der Waals surface area contributed by atoms with E-state index in [1.165, 1.54) is 12.4 Å². The third kappa shape index (κ3) is 3.09. The average Bonchev–Trinajstić information content (AvgIpc) is 2.36. The van der Waals surface area contributed by atoms with E-state index in [2.05, 4.69) is 20.9 Å². The van der Waals surface area contributed by atoms with E-state index < -0.39 is 17.6 Å². The lowest BCUT2D eigenvalue weighted by atomic mass is 10.2. The molecule has 0 amide bonds. The predicted octanol–water partition coefficient (Wildman–Crippen LogP) is 5.10. The minimum atomic E-state index is -4.59. The number of rotatable bonds is 2. The number of halogens is 5. The van der Waals surface area contributed by atoms with Gasteiger partial charge in [-0.15, -0.1) is 0 Å². The Labute approximate surface area is 120 Å². The van der Waals surface area contributed by atoms with Crippen LogP contribution in [0.4, 0.5) is 17.6 Å². The molecule has 0 spiro atoms. The monoisotopic (exact) mass is 349 g/mol. The van der Waals surface area contributed by atoms with Gasteiger partial charge in [-0.2, -0.15) is 13.2 Å². The molecule has 20 heavy (non-hydrogen) atoms. The molecular formula is C13H8BrF4NO. The van der Waals surface area contributed by atoms with Crippen molar-refractivity contribution in [2.75, 3.05) is 0 Å². The molecule has 0 aliphatic heterocycles. The summed E-state index contributed by atoms with van der Waals surface area (Å²) in [6, 6.07) is 2.10. The highest BCUT2D eigenvalue weighted by Crippen LogP contribution is 2.34. The molecule has 0 aliphatic rings. The summed E-state index contributed by atoms with van der Waals surface area (Å²) in [5, 5.41) is 0. The van der Waals surface area contributed by atoms with Crippen molar-refractivity contribution in [1.82, 2.24) is 4.98 Å². The second-order valence-electron chi connectivity index (χ2n) is 3.99. The van der Waals surface area contributed by atoms with Crippen LogP contribution in [0, 0.1) is 12.7 Å². The zero-order chi connectivity index (χ0) is 14.9. The highest BCUT2D eigenvalue weighted by Gasteiger charge is 2.31. The molecule has 7 heteroatoms. The number of nitrogens with zero attached hydrogens (tertiary/aromatic N) is 1. The van der Waals surface area contributed by atoms with Crippen LogP contribution in [-0.2, 0) is 6.18 Å². The van der Waals surface area contributed by atoms with Crippen LogP contribution < -0.4 is 4.74 Å². The summed E-state index contributed by atoms with van der Waals surface area (Å²) < 4.78 is 56.8. The Kier molecular flexibility index (Phi) is 3.99. The van der Waals surface area contributed by atoms with Crippen LogP contribution in [0.3, 0.4) is 0 Å². The molecule has 1 aromatic heterocycles. The van der Waals surface area contributed by atoms with E-state index in [-0.39, 0.29) is 11.5 Å². The number of hydrogen-bond donors (Lipinski definition) is 0. The van der Waals surface area contributed by atoms with Gasteiger partial charge in [-0.3, -0.25) is 4.98 Å². The van der Waals surface area contributed by atoms with Crippen LogP contribution in [0.2, 0.25) is 0 Å². The SMILES string of the molecule is Cc1c(Br)cncc1Oc1ccc(C(F)(F)F)cc1F. The molecule has 0 bridgehead atoms. The topological polar surface area (TPSA) is 22.1 Å². The smallest absolute Gasteiger partial charge is 0.416 e. The first-order chi connectivity index (χ1) is 9.29. The lowest BCUT2D eigenvalue weighted by Gasteiger charge is -2.12. The molecule has 1 heterocycles. The Morgan fingerprint density at radius 1 is 1.15 bits per heavy atom. The van der Waals surface area contributed by atoms with Gasteiger partial charge in [0.2, 0.25) is 0 Å². The van der Waals surface area contributed by atoms with E-state index >= 15 is 0 Å². The van der Waals surface area contributed by atoms with Crippen molar-refractivity contribution in [2.24, 2.45) is 0 Å². The van der Waals surface area contributed by atoms with Crippen LogP contribution >= 0.6 is 15.9 Å². The molecule has 0 atom stereocenters. The summed E-state index contributed by atoms with van der Waals surface area (Å²) >= 11 is 3.23. The van der Waals surface area contributed by atoms with Crippen molar-refractivity contribution < 1.29 is 22.3 Å². The Morgan fingerprint density at radius 3 is 2.45 bits per heavy atom. The van der Waals surface area contributed by atoms with E-state index in [9.17, 15) is 17.6 Å². The summed E-state index contributed by atoms with van der Waals surface area (Å²) in [7, 11) is 0. The van der Waals surface area contributed by atoms with Gasteiger partial charge >= 0.3 is 6.18 Å². The van der Waals surface area contributed by atoms with Gasteiger partial charge in [-0.1, -0.05) is 0 Å². The number of pyridine rings is 1. The maximum atomic E-state index is 13.6. The second kappa shape index (κ2) is 5.40. The summed E-state index contributed by atoms with van der Waals surface area (Å²) in [6.07, 6.45) is -1.70. The fourth-order valence-corrected chi connectivity index (χ4v) is 1.78. The maximum absolute atomic E-state index is 13.6. The predicted molar refractivity (Wildman–Crippen MR) is 68.2 cm³/mol. The fraction of sp³-hybridized carbons (Fsp3) is 0.154. The van der Waals surface area contributed by atoms with Gasteiger partial charge in [0.1, 0.15) is 5.75 Å². The van der Waals surface area contributed by atoms with E-state index in [1.807, 2.05) is 0 Å². The Bertz CT molecular complexity index is 643. The summed E-state index contributed by atoms with van der Waals surface area (Å²) in [5.74, 6) is -1.11. The lowest BCUT2D eigenvalue weighted by molar-refractivity contribution is -0.137. The van der Waals surface area contributed by atoms with E-state index in [4.69, 9.17) is 4.74 Å². The molecule has 0 aliphatic carbocycles. The third-order valence-corrected chi connectivity index (χ3v) is 3.39. The molecule has 0 N–H and O–H groups in total. The Balaban J connectivity index is 2.33. The molecule has 0 fully saturated rings. The second-order valence-corrected chi connectivity index (χ2v) is 4.84. The van der Waals surface area contributed by atoms with Gasteiger partial charge < -0.3 is 4.74 Å². The molecule has 1 aromatic carbocycles. The minimum Gasteiger partial charge on any atom is -0.452 e. The Hall–Kier alpha value is -1.63. The molecule has 106 valence electrons. The molecule has 0 radical (unpaired) electrons. The molecule has 2 nitrogen and oxygen atoms in total. The number of benzene rings is 1. The summed E-state index contributed by atoms with van der Waals surface area (Å²) in [4.78, 5) is 3.85. The highest BCUT2D eigenvalue weighted by atomic mass is 79.9. The minimum absolute atomic E-state index is 0.262. The molecular weight excluding hydrogens is 342 g/mol. The van der Waals surface area contributed by atoms with Crippen LogP contribution in [0.15, 0.2) is 35.1 Å². The quantitative estimate of drug-likeness (QED) is 0.703. The third-order valence-electron chi connectivity index (χ3n) is 2.59. The van der Waals surface area contributed by atoms with Crippen molar-refractivity contribution in [2.45, 2.75) is 13.1 Å². The fourth-order valence-electron chi connectivity index (χ4n) is 1.46. The first kappa shape index (κ1) is 14.8. The van der Waals surface area contributed by atoms with Crippen molar-refractivity contribution in [3.8, 4) is 11.5 Å². The number of ether oxygens (including phenoxy) is 1. The molecule has 2 aromatic rings. The van der Waals surface area contributed by atoms with Crippen molar-refractivity contribution in [1.29, 1.82) is 0 Å². The first-order valence-electron chi connectivity index (χ1n) is 5.43. The molecule has 0 saturated carbocycles. The van der Waals surface area contributed by atoms with Gasteiger partial charge in [0, 0.05) is 16.2 Å². The van der Waals surface area contributed by atoms with E-state index in [1.54, 1.807) is 6.92 Å². The molecule has 0 saturated heterocycles.